The first-order valence-corrected chi connectivity index (χ1v) is 7.72. The highest BCUT2D eigenvalue weighted by atomic mass is 19.4. The number of carbonyl (C=O) groups excluding carboxylic acids is 1. The molecule has 1 amide bonds. The van der Waals surface area contributed by atoms with Gasteiger partial charge in [0, 0.05) is 18.5 Å². The number of fused-ring (bicyclic) bond motifs is 1. The van der Waals surface area contributed by atoms with Crippen LogP contribution in [0.3, 0.4) is 0 Å². The highest BCUT2D eigenvalue weighted by Gasteiger charge is 2.30. The van der Waals surface area contributed by atoms with E-state index in [0.29, 0.717) is 27.9 Å². The van der Waals surface area contributed by atoms with Gasteiger partial charge in [0.15, 0.2) is 5.75 Å². The van der Waals surface area contributed by atoms with Gasteiger partial charge in [-0.05, 0) is 41.5 Å². The van der Waals surface area contributed by atoms with Gasteiger partial charge in [-0.15, -0.1) is 0 Å². The van der Waals surface area contributed by atoms with Crippen LogP contribution in [0, 0.1) is 0 Å². The molecular weight excluding hydrogens is 345 g/mol. The van der Waals surface area contributed by atoms with Crippen LogP contribution in [0.25, 0.3) is 22.0 Å². The average Bonchev–Trinajstić information content (AvgIpc) is 2.60. The van der Waals surface area contributed by atoms with E-state index >= 15 is 0 Å². The van der Waals surface area contributed by atoms with Crippen molar-refractivity contribution in [1.29, 1.82) is 0 Å². The molecule has 3 aromatic rings. The number of pyridine rings is 1. The molecule has 134 valence electrons. The largest absolute Gasteiger partial charge is 0.492 e. The number of benzene rings is 2. The zero-order chi connectivity index (χ0) is 18.9. The van der Waals surface area contributed by atoms with Crippen LogP contribution in [0.15, 0.2) is 48.7 Å². The van der Waals surface area contributed by atoms with E-state index in [9.17, 15) is 18.0 Å². The lowest BCUT2D eigenvalue weighted by molar-refractivity contribution is -0.137. The quantitative estimate of drug-likeness (QED) is 0.724. The first kappa shape index (κ1) is 17.7. The number of nitrogens with zero attached hydrogens (tertiary/aromatic N) is 1. The summed E-state index contributed by atoms with van der Waals surface area (Å²) in [7, 11) is 1.46. The highest BCUT2D eigenvalue weighted by molar-refractivity contribution is 6.02. The van der Waals surface area contributed by atoms with Crippen LogP contribution in [0.5, 0.6) is 5.75 Å². The summed E-state index contributed by atoms with van der Waals surface area (Å²) in [6, 6.07) is 10.1. The number of amides is 1. The Labute approximate surface area is 147 Å². The van der Waals surface area contributed by atoms with Crippen molar-refractivity contribution < 1.29 is 22.7 Å². The van der Waals surface area contributed by atoms with Gasteiger partial charge in [0.1, 0.15) is 5.52 Å². The molecule has 0 aliphatic rings. The normalized spacial score (nSPS) is 11.4. The van der Waals surface area contributed by atoms with E-state index in [1.165, 1.54) is 26.2 Å². The fourth-order valence-electron chi connectivity index (χ4n) is 2.78. The topological polar surface area (TPSA) is 51.2 Å². The predicted molar refractivity (Wildman–Crippen MR) is 93.0 cm³/mol. The summed E-state index contributed by atoms with van der Waals surface area (Å²) >= 11 is 0. The summed E-state index contributed by atoms with van der Waals surface area (Å²) in [5.74, 6) is 0.146. The number of hydrogen-bond acceptors (Lipinski definition) is 3. The molecule has 0 radical (unpaired) electrons. The third-order valence-corrected chi connectivity index (χ3v) is 3.90. The third kappa shape index (κ3) is 3.33. The number of hydrogen-bond donors (Lipinski definition) is 1. The second kappa shape index (κ2) is 6.67. The van der Waals surface area contributed by atoms with Gasteiger partial charge in [0.05, 0.1) is 18.4 Å². The number of ether oxygens (including phenoxy) is 1. The Morgan fingerprint density at radius 2 is 1.77 bits per heavy atom. The molecule has 0 saturated carbocycles. The zero-order valence-electron chi connectivity index (χ0n) is 14.0. The van der Waals surface area contributed by atoms with Crippen LogP contribution >= 0.6 is 0 Å². The van der Waals surface area contributed by atoms with Gasteiger partial charge in [-0.3, -0.25) is 9.78 Å². The van der Waals surface area contributed by atoms with Crippen molar-refractivity contribution >= 4 is 22.5 Å². The number of anilines is 1. The molecule has 0 aliphatic carbocycles. The first-order chi connectivity index (χ1) is 12.3. The predicted octanol–water partition coefficient (Wildman–Crippen LogP) is 4.89. The minimum absolute atomic E-state index is 0.249. The number of aromatic nitrogens is 1. The number of halogens is 3. The van der Waals surface area contributed by atoms with Gasteiger partial charge in [0.2, 0.25) is 5.91 Å². The molecule has 0 aliphatic heterocycles. The Morgan fingerprint density at radius 1 is 1.08 bits per heavy atom. The van der Waals surface area contributed by atoms with Crippen LogP contribution in [-0.4, -0.2) is 18.0 Å². The number of methoxy groups -OCH3 is 1. The van der Waals surface area contributed by atoms with Crippen molar-refractivity contribution in [1.82, 2.24) is 4.98 Å². The van der Waals surface area contributed by atoms with Crippen LogP contribution in [0.4, 0.5) is 18.9 Å². The minimum Gasteiger partial charge on any atom is -0.492 e. The van der Waals surface area contributed by atoms with Crippen LogP contribution in [-0.2, 0) is 11.0 Å². The maximum absolute atomic E-state index is 12.8. The van der Waals surface area contributed by atoms with E-state index < -0.39 is 11.7 Å². The molecule has 0 saturated heterocycles. The van der Waals surface area contributed by atoms with E-state index in [4.69, 9.17) is 4.74 Å². The van der Waals surface area contributed by atoms with E-state index in [1.54, 1.807) is 24.4 Å². The molecule has 2 aromatic carbocycles. The number of alkyl halides is 3. The summed E-state index contributed by atoms with van der Waals surface area (Å²) in [5.41, 5.74) is 1.63. The molecule has 1 N–H and O–H groups in total. The highest BCUT2D eigenvalue weighted by Crippen LogP contribution is 2.38. The molecule has 4 nitrogen and oxygen atoms in total. The molecule has 0 spiro atoms. The summed E-state index contributed by atoms with van der Waals surface area (Å²) in [4.78, 5) is 15.6. The molecule has 7 heteroatoms. The fourth-order valence-corrected chi connectivity index (χ4v) is 2.78. The Bertz CT molecular complexity index is 967. The van der Waals surface area contributed by atoms with E-state index in [-0.39, 0.29) is 5.91 Å². The molecule has 0 atom stereocenters. The summed E-state index contributed by atoms with van der Waals surface area (Å²) < 4.78 is 43.7. The first-order valence-electron chi connectivity index (χ1n) is 7.72. The lowest BCUT2D eigenvalue weighted by Gasteiger charge is -2.14. The van der Waals surface area contributed by atoms with E-state index in [2.05, 4.69) is 10.3 Å². The smallest absolute Gasteiger partial charge is 0.416 e. The number of carbonyl (C=O) groups is 1. The summed E-state index contributed by atoms with van der Waals surface area (Å²) in [5, 5.41) is 3.38. The molecule has 3 rings (SSSR count). The third-order valence-electron chi connectivity index (χ3n) is 3.90. The molecule has 1 aromatic heterocycles. The monoisotopic (exact) mass is 360 g/mol. The molecule has 0 fully saturated rings. The van der Waals surface area contributed by atoms with Crippen molar-refractivity contribution in [2.75, 3.05) is 12.4 Å². The zero-order valence-corrected chi connectivity index (χ0v) is 14.0. The lowest BCUT2D eigenvalue weighted by Crippen LogP contribution is -2.07. The maximum Gasteiger partial charge on any atom is 0.416 e. The molecule has 1 heterocycles. The van der Waals surface area contributed by atoms with Crippen molar-refractivity contribution in [3.05, 3.63) is 54.2 Å². The van der Waals surface area contributed by atoms with Gasteiger partial charge >= 0.3 is 6.18 Å². The van der Waals surface area contributed by atoms with Crippen LogP contribution in [0.2, 0.25) is 0 Å². The molecule has 26 heavy (non-hydrogen) atoms. The fraction of sp³-hybridized carbons (Fsp3) is 0.158. The van der Waals surface area contributed by atoms with Gasteiger partial charge in [0.25, 0.3) is 0 Å². The molecule has 0 unspecified atom stereocenters. The molecular formula is C19H15F3N2O2. The van der Waals surface area contributed by atoms with Gasteiger partial charge in [-0.25, -0.2) is 0 Å². The number of rotatable bonds is 3. The van der Waals surface area contributed by atoms with Gasteiger partial charge < -0.3 is 10.1 Å². The van der Waals surface area contributed by atoms with Crippen molar-refractivity contribution in [2.24, 2.45) is 0 Å². The van der Waals surface area contributed by atoms with E-state index in [1.807, 2.05) is 0 Å². The van der Waals surface area contributed by atoms with E-state index in [0.717, 1.165) is 17.7 Å². The van der Waals surface area contributed by atoms with Crippen molar-refractivity contribution in [2.45, 2.75) is 13.1 Å². The SMILES string of the molecule is COc1c(NC(C)=O)ccc2c(-c3ccc(C(F)(F)F)cc3)ccnc12. The lowest BCUT2D eigenvalue weighted by atomic mass is 9.99. The van der Waals surface area contributed by atoms with Crippen LogP contribution in [0.1, 0.15) is 12.5 Å². The second-order valence-electron chi connectivity index (χ2n) is 5.66. The maximum atomic E-state index is 12.8. The van der Waals surface area contributed by atoms with Crippen LogP contribution < -0.4 is 10.1 Å². The Hall–Kier alpha value is -3.09. The summed E-state index contributed by atoms with van der Waals surface area (Å²) in [6.07, 6.45) is -2.83. The Morgan fingerprint density at radius 3 is 2.35 bits per heavy atom. The van der Waals surface area contributed by atoms with Crippen molar-refractivity contribution in [3.63, 3.8) is 0 Å². The second-order valence-corrected chi connectivity index (χ2v) is 5.66. The van der Waals surface area contributed by atoms with Gasteiger partial charge in [-0.2, -0.15) is 13.2 Å². The van der Waals surface area contributed by atoms with Gasteiger partial charge in [-0.1, -0.05) is 12.1 Å². The minimum atomic E-state index is -4.38. The molecule has 0 bridgehead atoms. The Kier molecular flexibility index (Phi) is 4.54. The average molecular weight is 360 g/mol. The number of nitrogens with one attached hydrogen (secondary N) is 1. The Balaban J connectivity index is 2.14. The summed E-state index contributed by atoms with van der Waals surface area (Å²) in [6.45, 7) is 1.38. The standard InChI is InChI=1S/C19H15F3N2O2/c1-11(25)24-16-8-7-15-14(9-10-23-17(15)18(16)26-2)12-3-5-13(6-4-12)19(20,21)22/h3-10H,1-2H3,(H,24,25). The van der Waals surface area contributed by atoms with Crippen molar-refractivity contribution in [3.8, 4) is 16.9 Å².